The molecule has 2 aromatic heterocycles. The van der Waals surface area contributed by atoms with E-state index in [4.69, 9.17) is 0 Å². The molecule has 0 amide bonds. The van der Waals surface area contributed by atoms with Gasteiger partial charge in [0.15, 0.2) is 0 Å². The van der Waals surface area contributed by atoms with Crippen molar-refractivity contribution in [3.05, 3.63) is 52.5 Å². The highest BCUT2D eigenvalue weighted by Crippen LogP contribution is 2.25. The molecule has 0 saturated carbocycles. The van der Waals surface area contributed by atoms with Gasteiger partial charge >= 0.3 is 5.82 Å². The van der Waals surface area contributed by atoms with Gasteiger partial charge in [0, 0.05) is 28.9 Å². The molecular weight excluding hydrogens is 242 g/mol. The Morgan fingerprint density at radius 2 is 1.84 bits per heavy atom. The minimum atomic E-state index is -0.503. The van der Waals surface area contributed by atoms with Gasteiger partial charge in [0.1, 0.15) is 6.20 Å². The molecule has 5 nitrogen and oxygen atoms in total. The molecule has 2 aromatic rings. The Bertz CT molecular complexity index is 601. The summed E-state index contributed by atoms with van der Waals surface area (Å²) >= 11 is 0. The molecule has 0 fully saturated rings. The average molecular weight is 257 g/mol. The number of nitro groups is 1. The minimum Gasteiger partial charge on any atom is -0.358 e. The highest BCUT2D eigenvalue weighted by molar-refractivity contribution is 5.63. The summed E-state index contributed by atoms with van der Waals surface area (Å²) in [7, 11) is 0. The molecular formula is C14H15N3O2. The standard InChI is InChI=1S/C14H15N3O2/c1-14(2,3)12-8-10(6-7-15-12)11-4-5-13(16-9-11)17(18)19/h4-9H,1-3H3. The van der Waals surface area contributed by atoms with Crippen LogP contribution in [0.2, 0.25) is 0 Å². The summed E-state index contributed by atoms with van der Waals surface area (Å²) < 4.78 is 0. The van der Waals surface area contributed by atoms with Gasteiger partial charge in [0.05, 0.1) is 0 Å². The summed E-state index contributed by atoms with van der Waals surface area (Å²) in [5, 5.41) is 10.6. The molecule has 0 N–H and O–H groups in total. The lowest BCUT2D eigenvalue weighted by molar-refractivity contribution is -0.389. The van der Waals surface area contributed by atoms with E-state index in [2.05, 4.69) is 30.7 Å². The smallest absolute Gasteiger partial charge is 0.358 e. The molecule has 98 valence electrons. The molecule has 5 heteroatoms. The van der Waals surface area contributed by atoms with E-state index >= 15 is 0 Å². The first kappa shape index (κ1) is 13.1. The second-order valence-electron chi connectivity index (χ2n) is 5.34. The van der Waals surface area contributed by atoms with Crippen LogP contribution in [0.25, 0.3) is 11.1 Å². The Labute approximate surface area is 111 Å². The van der Waals surface area contributed by atoms with Gasteiger partial charge < -0.3 is 10.1 Å². The zero-order valence-electron chi connectivity index (χ0n) is 11.1. The molecule has 0 radical (unpaired) electrons. The Hall–Kier alpha value is -2.30. The van der Waals surface area contributed by atoms with E-state index in [1.165, 1.54) is 12.3 Å². The maximum absolute atomic E-state index is 10.6. The molecule has 0 saturated heterocycles. The van der Waals surface area contributed by atoms with Crippen molar-refractivity contribution in [1.29, 1.82) is 0 Å². The first-order valence-electron chi connectivity index (χ1n) is 5.95. The maximum Gasteiger partial charge on any atom is 0.363 e. The van der Waals surface area contributed by atoms with E-state index in [1.807, 2.05) is 12.1 Å². The predicted octanol–water partition coefficient (Wildman–Crippen LogP) is 3.35. The molecule has 0 aromatic carbocycles. The fourth-order valence-electron chi connectivity index (χ4n) is 1.69. The molecule has 0 atom stereocenters. The second-order valence-corrected chi connectivity index (χ2v) is 5.34. The molecule has 0 spiro atoms. The summed E-state index contributed by atoms with van der Waals surface area (Å²) in [6, 6.07) is 6.97. The highest BCUT2D eigenvalue weighted by atomic mass is 16.6. The molecule has 0 unspecified atom stereocenters. The van der Waals surface area contributed by atoms with E-state index in [1.54, 1.807) is 12.3 Å². The van der Waals surface area contributed by atoms with Gasteiger partial charge in [-0.1, -0.05) is 20.8 Å². The van der Waals surface area contributed by atoms with E-state index < -0.39 is 4.92 Å². The van der Waals surface area contributed by atoms with Crippen LogP contribution in [0, 0.1) is 10.1 Å². The number of hydrogen-bond acceptors (Lipinski definition) is 4. The SMILES string of the molecule is CC(C)(C)c1cc(-c2ccc([N+](=O)[O-])nc2)ccn1. The largest absolute Gasteiger partial charge is 0.363 e. The second kappa shape index (κ2) is 4.76. The van der Waals surface area contributed by atoms with Gasteiger partial charge in [-0.2, -0.15) is 0 Å². The van der Waals surface area contributed by atoms with E-state index in [-0.39, 0.29) is 11.2 Å². The van der Waals surface area contributed by atoms with Crippen LogP contribution in [0.1, 0.15) is 26.5 Å². The van der Waals surface area contributed by atoms with Gasteiger partial charge in [0.25, 0.3) is 0 Å². The number of nitrogens with zero attached hydrogens (tertiary/aromatic N) is 3. The van der Waals surface area contributed by atoms with E-state index in [0.717, 1.165) is 16.8 Å². The first-order valence-corrected chi connectivity index (χ1v) is 5.95. The van der Waals surface area contributed by atoms with Crippen molar-refractivity contribution >= 4 is 5.82 Å². The summed E-state index contributed by atoms with van der Waals surface area (Å²) in [6.45, 7) is 6.27. The quantitative estimate of drug-likeness (QED) is 0.611. The number of rotatable bonds is 2. The van der Waals surface area contributed by atoms with Crippen molar-refractivity contribution in [2.45, 2.75) is 26.2 Å². The van der Waals surface area contributed by atoms with Crippen molar-refractivity contribution in [2.24, 2.45) is 0 Å². The Morgan fingerprint density at radius 1 is 1.11 bits per heavy atom. The van der Waals surface area contributed by atoms with Crippen LogP contribution in [0.4, 0.5) is 5.82 Å². The van der Waals surface area contributed by atoms with Crippen LogP contribution in [0.15, 0.2) is 36.7 Å². The highest BCUT2D eigenvalue weighted by Gasteiger charge is 2.16. The van der Waals surface area contributed by atoms with Crippen LogP contribution >= 0.6 is 0 Å². The van der Waals surface area contributed by atoms with Crippen LogP contribution in [-0.4, -0.2) is 14.9 Å². The monoisotopic (exact) mass is 257 g/mol. The predicted molar refractivity (Wildman–Crippen MR) is 72.8 cm³/mol. The maximum atomic E-state index is 10.6. The van der Waals surface area contributed by atoms with Crippen molar-refractivity contribution < 1.29 is 4.92 Å². The van der Waals surface area contributed by atoms with Gasteiger partial charge in [-0.3, -0.25) is 4.98 Å². The average Bonchev–Trinajstić information content (AvgIpc) is 2.38. The van der Waals surface area contributed by atoms with Crippen molar-refractivity contribution in [1.82, 2.24) is 9.97 Å². The fraction of sp³-hybridized carbons (Fsp3) is 0.286. The zero-order valence-corrected chi connectivity index (χ0v) is 11.1. The Balaban J connectivity index is 2.39. The fourth-order valence-corrected chi connectivity index (χ4v) is 1.69. The zero-order chi connectivity index (χ0) is 14.0. The molecule has 0 aliphatic carbocycles. The van der Waals surface area contributed by atoms with Crippen LogP contribution < -0.4 is 0 Å². The molecule has 0 bridgehead atoms. The summed E-state index contributed by atoms with van der Waals surface area (Å²) in [4.78, 5) is 18.2. The van der Waals surface area contributed by atoms with E-state index in [0.29, 0.717) is 0 Å². The third kappa shape index (κ3) is 2.93. The molecule has 0 aliphatic heterocycles. The topological polar surface area (TPSA) is 68.9 Å². The Morgan fingerprint density at radius 3 is 2.37 bits per heavy atom. The molecule has 19 heavy (non-hydrogen) atoms. The summed E-state index contributed by atoms with van der Waals surface area (Å²) in [5.41, 5.74) is 2.74. The lowest BCUT2D eigenvalue weighted by Crippen LogP contribution is -2.13. The van der Waals surface area contributed by atoms with Gasteiger partial charge in [-0.15, -0.1) is 0 Å². The number of aromatic nitrogens is 2. The summed E-state index contributed by atoms with van der Waals surface area (Å²) in [5.74, 6) is -0.145. The molecule has 2 rings (SSSR count). The van der Waals surface area contributed by atoms with Crippen LogP contribution in [0.5, 0.6) is 0 Å². The first-order chi connectivity index (χ1) is 8.88. The third-order valence-corrected chi connectivity index (χ3v) is 2.80. The van der Waals surface area contributed by atoms with Crippen LogP contribution in [0.3, 0.4) is 0 Å². The summed E-state index contributed by atoms with van der Waals surface area (Å²) in [6.07, 6.45) is 3.26. The molecule has 0 aliphatic rings. The third-order valence-electron chi connectivity index (χ3n) is 2.80. The van der Waals surface area contributed by atoms with Crippen LogP contribution in [-0.2, 0) is 5.41 Å². The van der Waals surface area contributed by atoms with Crippen molar-refractivity contribution in [3.8, 4) is 11.1 Å². The Kier molecular flexibility index (Phi) is 3.29. The van der Waals surface area contributed by atoms with Crippen molar-refractivity contribution in [3.63, 3.8) is 0 Å². The lowest BCUT2D eigenvalue weighted by Gasteiger charge is -2.18. The number of hydrogen-bond donors (Lipinski definition) is 0. The van der Waals surface area contributed by atoms with Gasteiger partial charge in [-0.05, 0) is 33.7 Å². The normalized spacial score (nSPS) is 11.3. The minimum absolute atomic E-state index is 0.0375. The lowest BCUT2D eigenvalue weighted by atomic mass is 9.90. The number of pyridine rings is 2. The molecule has 2 heterocycles. The van der Waals surface area contributed by atoms with Crippen molar-refractivity contribution in [2.75, 3.05) is 0 Å². The van der Waals surface area contributed by atoms with E-state index in [9.17, 15) is 10.1 Å². The van der Waals surface area contributed by atoms with Gasteiger partial charge in [0.2, 0.25) is 0 Å². The van der Waals surface area contributed by atoms with Gasteiger partial charge in [-0.25, -0.2) is 0 Å².